The molecule has 29 heavy (non-hydrogen) atoms. The molecule has 0 radical (unpaired) electrons. The van der Waals surface area contributed by atoms with Gasteiger partial charge in [-0.05, 0) is 47.9 Å². The standard InChI is InChI=1S/C24H24N2O3/c1-2-18-10-6-13-22(14-18)29-17-23(27)26-21-12-7-11-20(15-21)24(28)25-16-19-8-4-3-5-9-19/h3-15H,2,16-17H2,1H3,(H,25,28)(H,26,27). The van der Waals surface area contributed by atoms with Crippen molar-refractivity contribution in [3.63, 3.8) is 0 Å². The normalized spacial score (nSPS) is 10.2. The van der Waals surface area contributed by atoms with Crippen LogP contribution in [0, 0.1) is 0 Å². The van der Waals surface area contributed by atoms with Gasteiger partial charge in [0.1, 0.15) is 5.75 Å². The predicted octanol–water partition coefficient (Wildman–Crippen LogP) is 4.20. The Morgan fingerprint density at radius 3 is 2.41 bits per heavy atom. The average Bonchev–Trinajstić information content (AvgIpc) is 2.77. The van der Waals surface area contributed by atoms with E-state index in [9.17, 15) is 9.59 Å². The van der Waals surface area contributed by atoms with E-state index in [1.54, 1.807) is 24.3 Å². The number of carbonyl (C=O) groups is 2. The average molecular weight is 388 g/mol. The van der Waals surface area contributed by atoms with Gasteiger partial charge in [0, 0.05) is 17.8 Å². The number of ether oxygens (including phenoxy) is 1. The van der Waals surface area contributed by atoms with E-state index >= 15 is 0 Å². The maximum atomic E-state index is 12.4. The summed E-state index contributed by atoms with van der Waals surface area (Å²) in [5.41, 5.74) is 3.20. The maximum absolute atomic E-state index is 12.4. The van der Waals surface area contributed by atoms with E-state index in [0.717, 1.165) is 17.5 Å². The molecule has 0 aliphatic rings. The van der Waals surface area contributed by atoms with Crippen LogP contribution in [0.2, 0.25) is 0 Å². The summed E-state index contributed by atoms with van der Waals surface area (Å²) >= 11 is 0. The summed E-state index contributed by atoms with van der Waals surface area (Å²) in [5, 5.41) is 5.64. The Morgan fingerprint density at radius 2 is 1.62 bits per heavy atom. The molecular weight excluding hydrogens is 364 g/mol. The SMILES string of the molecule is CCc1cccc(OCC(=O)Nc2cccc(C(=O)NCc3ccccc3)c2)c1. The van der Waals surface area contributed by atoms with Crippen molar-refractivity contribution in [1.82, 2.24) is 5.32 Å². The van der Waals surface area contributed by atoms with E-state index in [4.69, 9.17) is 4.74 Å². The second kappa shape index (κ2) is 10.1. The summed E-state index contributed by atoms with van der Waals surface area (Å²) in [6.07, 6.45) is 0.905. The topological polar surface area (TPSA) is 67.4 Å². The molecule has 0 aliphatic carbocycles. The molecule has 0 saturated carbocycles. The molecule has 0 fully saturated rings. The first-order valence-electron chi connectivity index (χ1n) is 9.58. The zero-order valence-corrected chi connectivity index (χ0v) is 16.4. The molecule has 0 bridgehead atoms. The van der Waals surface area contributed by atoms with Crippen LogP contribution in [-0.4, -0.2) is 18.4 Å². The van der Waals surface area contributed by atoms with Crippen LogP contribution >= 0.6 is 0 Å². The van der Waals surface area contributed by atoms with Gasteiger partial charge in [-0.25, -0.2) is 0 Å². The Balaban J connectivity index is 1.53. The Labute approximate surface area is 170 Å². The molecule has 2 amide bonds. The molecule has 3 rings (SSSR count). The molecule has 5 nitrogen and oxygen atoms in total. The third-order valence-corrected chi connectivity index (χ3v) is 4.38. The van der Waals surface area contributed by atoms with E-state index in [0.29, 0.717) is 23.5 Å². The lowest BCUT2D eigenvalue weighted by molar-refractivity contribution is -0.118. The largest absolute Gasteiger partial charge is 0.484 e. The minimum absolute atomic E-state index is 0.0996. The van der Waals surface area contributed by atoms with Crippen molar-refractivity contribution in [3.8, 4) is 5.75 Å². The molecule has 0 atom stereocenters. The molecule has 0 unspecified atom stereocenters. The number of rotatable bonds is 8. The monoisotopic (exact) mass is 388 g/mol. The first-order valence-corrected chi connectivity index (χ1v) is 9.58. The number of anilines is 1. The number of hydrogen-bond donors (Lipinski definition) is 2. The highest BCUT2D eigenvalue weighted by molar-refractivity contribution is 5.97. The maximum Gasteiger partial charge on any atom is 0.262 e. The summed E-state index contributed by atoms with van der Waals surface area (Å²) in [5.74, 6) is 0.180. The summed E-state index contributed by atoms with van der Waals surface area (Å²) in [7, 11) is 0. The lowest BCUT2D eigenvalue weighted by Crippen LogP contribution is -2.23. The van der Waals surface area contributed by atoms with E-state index < -0.39 is 0 Å². The molecule has 0 aromatic heterocycles. The molecule has 0 aliphatic heterocycles. The Bertz CT molecular complexity index is 971. The van der Waals surface area contributed by atoms with E-state index in [2.05, 4.69) is 17.6 Å². The number of carbonyl (C=O) groups excluding carboxylic acids is 2. The van der Waals surface area contributed by atoms with Crippen LogP contribution in [0.25, 0.3) is 0 Å². The van der Waals surface area contributed by atoms with Crippen molar-refractivity contribution >= 4 is 17.5 Å². The number of hydrogen-bond acceptors (Lipinski definition) is 3. The Kier molecular flexibility index (Phi) is 7.00. The van der Waals surface area contributed by atoms with Crippen molar-refractivity contribution in [3.05, 3.63) is 95.6 Å². The van der Waals surface area contributed by atoms with Gasteiger partial charge in [-0.3, -0.25) is 9.59 Å². The van der Waals surface area contributed by atoms with Crippen molar-refractivity contribution in [1.29, 1.82) is 0 Å². The van der Waals surface area contributed by atoms with Gasteiger partial charge in [0.05, 0.1) is 0 Å². The van der Waals surface area contributed by atoms with Gasteiger partial charge >= 0.3 is 0 Å². The third kappa shape index (κ3) is 6.21. The molecule has 148 valence electrons. The molecule has 0 spiro atoms. The fourth-order valence-corrected chi connectivity index (χ4v) is 2.82. The first kappa shape index (κ1) is 20.1. The fourth-order valence-electron chi connectivity index (χ4n) is 2.82. The Hall–Kier alpha value is -3.60. The summed E-state index contributed by atoms with van der Waals surface area (Å²) in [6, 6.07) is 24.2. The highest BCUT2D eigenvalue weighted by atomic mass is 16.5. The van der Waals surface area contributed by atoms with E-state index in [-0.39, 0.29) is 18.4 Å². The van der Waals surface area contributed by atoms with Crippen LogP contribution < -0.4 is 15.4 Å². The van der Waals surface area contributed by atoms with Crippen molar-refractivity contribution in [2.75, 3.05) is 11.9 Å². The number of amides is 2. The summed E-state index contributed by atoms with van der Waals surface area (Å²) < 4.78 is 5.56. The smallest absolute Gasteiger partial charge is 0.262 e. The van der Waals surface area contributed by atoms with E-state index in [1.807, 2.05) is 54.6 Å². The minimum atomic E-state index is -0.284. The lowest BCUT2D eigenvalue weighted by atomic mass is 10.1. The van der Waals surface area contributed by atoms with Crippen LogP contribution in [0.5, 0.6) is 5.75 Å². The molecule has 5 heteroatoms. The lowest BCUT2D eigenvalue weighted by Gasteiger charge is -2.10. The van der Waals surface area contributed by atoms with Crippen LogP contribution in [0.4, 0.5) is 5.69 Å². The van der Waals surface area contributed by atoms with Crippen LogP contribution in [-0.2, 0) is 17.8 Å². The highest BCUT2D eigenvalue weighted by Gasteiger charge is 2.09. The van der Waals surface area contributed by atoms with Crippen LogP contribution in [0.3, 0.4) is 0 Å². The van der Waals surface area contributed by atoms with Gasteiger partial charge in [0.2, 0.25) is 0 Å². The second-order valence-electron chi connectivity index (χ2n) is 6.59. The molecule has 2 N–H and O–H groups in total. The molecule has 0 heterocycles. The van der Waals surface area contributed by atoms with Crippen molar-refractivity contribution in [2.45, 2.75) is 19.9 Å². The number of benzene rings is 3. The predicted molar refractivity (Wildman–Crippen MR) is 114 cm³/mol. The van der Waals surface area contributed by atoms with Gasteiger partial charge in [-0.1, -0.05) is 55.5 Å². The third-order valence-electron chi connectivity index (χ3n) is 4.38. The van der Waals surface area contributed by atoms with Crippen molar-refractivity contribution in [2.24, 2.45) is 0 Å². The molecular formula is C24H24N2O3. The van der Waals surface area contributed by atoms with Gasteiger partial charge < -0.3 is 15.4 Å². The summed E-state index contributed by atoms with van der Waals surface area (Å²) in [4.78, 5) is 24.6. The van der Waals surface area contributed by atoms with Gasteiger partial charge in [0.25, 0.3) is 11.8 Å². The van der Waals surface area contributed by atoms with Crippen LogP contribution in [0.15, 0.2) is 78.9 Å². The summed E-state index contributed by atoms with van der Waals surface area (Å²) in [6.45, 7) is 2.41. The van der Waals surface area contributed by atoms with Gasteiger partial charge in [-0.2, -0.15) is 0 Å². The first-order chi connectivity index (χ1) is 14.1. The van der Waals surface area contributed by atoms with Crippen LogP contribution in [0.1, 0.15) is 28.4 Å². The number of aryl methyl sites for hydroxylation is 1. The quantitative estimate of drug-likeness (QED) is 0.608. The second-order valence-corrected chi connectivity index (χ2v) is 6.59. The van der Waals surface area contributed by atoms with Gasteiger partial charge in [-0.15, -0.1) is 0 Å². The molecule has 0 saturated heterocycles. The van der Waals surface area contributed by atoms with Crippen molar-refractivity contribution < 1.29 is 14.3 Å². The fraction of sp³-hybridized carbons (Fsp3) is 0.167. The van der Waals surface area contributed by atoms with E-state index in [1.165, 1.54) is 0 Å². The number of nitrogens with one attached hydrogen (secondary N) is 2. The van der Waals surface area contributed by atoms with Gasteiger partial charge in [0.15, 0.2) is 6.61 Å². The zero-order valence-electron chi connectivity index (χ0n) is 16.4. The molecule has 3 aromatic carbocycles. The highest BCUT2D eigenvalue weighted by Crippen LogP contribution is 2.14. The zero-order chi connectivity index (χ0) is 20.5. The molecule has 3 aromatic rings. The minimum Gasteiger partial charge on any atom is -0.484 e. The Morgan fingerprint density at radius 1 is 0.862 bits per heavy atom.